The van der Waals surface area contributed by atoms with Crippen LogP contribution in [-0.4, -0.2) is 17.1 Å². The minimum absolute atomic E-state index is 0.518. The molecule has 0 aliphatic carbocycles. The SMILES string of the molecule is COCc1cncc2[nH]c3cccc(OCc4ccccc4)c3c12. The van der Waals surface area contributed by atoms with Gasteiger partial charge in [-0.05, 0) is 17.7 Å². The maximum atomic E-state index is 6.12. The Hall–Kier alpha value is -2.85. The first kappa shape index (κ1) is 14.7. The molecule has 120 valence electrons. The summed E-state index contributed by atoms with van der Waals surface area (Å²) in [6, 6.07) is 16.2. The molecule has 0 saturated carbocycles. The summed E-state index contributed by atoms with van der Waals surface area (Å²) >= 11 is 0. The fourth-order valence-corrected chi connectivity index (χ4v) is 3.05. The molecule has 2 aromatic carbocycles. The van der Waals surface area contributed by atoms with Crippen molar-refractivity contribution in [3.05, 3.63) is 72.1 Å². The highest BCUT2D eigenvalue weighted by molar-refractivity contribution is 6.11. The van der Waals surface area contributed by atoms with Crippen LogP contribution in [0, 0.1) is 0 Å². The molecule has 0 saturated heterocycles. The summed E-state index contributed by atoms with van der Waals surface area (Å²) in [5.41, 5.74) is 4.24. The van der Waals surface area contributed by atoms with Crippen LogP contribution in [0.2, 0.25) is 0 Å². The Balaban J connectivity index is 1.81. The zero-order valence-electron chi connectivity index (χ0n) is 13.5. The fraction of sp³-hybridized carbons (Fsp3) is 0.150. The van der Waals surface area contributed by atoms with Crippen molar-refractivity contribution >= 4 is 21.8 Å². The van der Waals surface area contributed by atoms with E-state index in [9.17, 15) is 0 Å². The molecule has 0 radical (unpaired) electrons. The topological polar surface area (TPSA) is 47.1 Å². The Bertz CT molecular complexity index is 977. The molecule has 4 aromatic rings. The second-order valence-corrected chi connectivity index (χ2v) is 5.73. The lowest BCUT2D eigenvalue weighted by Crippen LogP contribution is -1.96. The van der Waals surface area contributed by atoms with Crippen molar-refractivity contribution in [2.75, 3.05) is 7.11 Å². The normalized spacial score (nSPS) is 11.2. The number of H-pyrrole nitrogens is 1. The number of methoxy groups -OCH3 is 1. The lowest BCUT2D eigenvalue weighted by molar-refractivity contribution is 0.186. The largest absolute Gasteiger partial charge is 0.488 e. The minimum Gasteiger partial charge on any atom is -0.488 e. The third-order valence-corrected chi connectivity index (χ3v) is 4.11. The van der Waals surface area contributed by atoms with Gasteiger partial charge in [-0.1, -0.05) is 36.4 Å². The number of hydrogen-bond donors (Lipinski definition) is 1. The number of nitrogens with zero attached hydrogens (tertiary/aromatic N) is 1. The Morgan fingerprint density at radius 3 is 2.58 bits per heavy atom. The van der Waals surface area contributed by atoms with E-state index in [1.807, 2.05) is 42.7 Å². The second-order valence-electron chi connectivity index (χ2n) is 5.73. The quantitative estimate of drug-likeness (QED) is 0.591. The van der Waals surface area contributed by atoms with Crippen LogP contribution in [0.3, 0.4) is 0 Å². The summed E-state index contributed by atoms with van der Waals surface area (Å²) in [6.07, 6.45) is 3.70. The van der Waals surface area contributed by atoms with Crippen molar-refractivity contribution in [1.82, 2.24) is 9.97 Å². The van der Waals surface area contributed by atoms with Crippen molar-refractivity contribution in [2.24, 2.45) is 0 Å². The minimum atomic E-state index is 0.518. The Kier molecular flexibility index (Phi) is 3.89. The number of ether oxygens (including phenoxy) is 2. The summed E-state index contributed by atoms with van der Waals surface area (Å²) in [5.74, 6) is 0.867. The first-order valence-electron chi connectivity index (χ1n) is 7.90. The second kappa shape index (κ2) is 6.34. The molecule has 0 aliphatic heterocycles. The van der Waals surface area contributed by atoms with Crippen molar-refractivity contribution in [3.8, 4) is 5.75 Å². The van der Waals surface area contributed by atoms with Crippen LogP contribution in [0.5, 0.6) is 5.75 Å². The van der Waals surface area contributed by atoms with Crippen molar-refractivity contribution in [1.29, 1.82) is 0 Å². The molecule has 0 bridgehead atoms. The van der Waals surface area contributed by atoms with Gasteiger partial charge in [0.05, 0.1) is 23.8 Å². The van der Waals surface area contributed by atoms with Gasteiger partial charge in [0, 0.05) is 29.6 Å². The molecule has 0 unspecified atom stereocenters. The van der Waals surface area contributed by atoms with E-state index in [0.717, 1.165) is 38.7 Å². The number of fused-ring (bicyclic) bond motifs is 3. The van der Waals surface area contributed by atoms with Crippen LogP contribution in [0.4, 0.5) is 0 Å². The number of benzene rings is 2. The van der Waals surface area contributed by atoms with Crippen molar-refractivity contribution in [3.63, 3.8) is 0 Å². The molecule has 4 rings (SSSR count). The zero-order valence-corrected chi connectivity index (χ0v) is 13.5. The van der Waals surface area contributed by atoms with Crippen LogP contribution < -0.4 is 4.74 Å². The Labute approximate surface area is 140 Å². The highest BCUT2D eigenvalue weighted by atomic mass is 16.5. The van der Waals surface area contributed by atoms with E-state index in [1.54, 1.807) is 7.11 Å². The monoisotopic (exact) mass is 318 g/mol. The van der Waals surface area contributed by atoms with Gasteiger partial charge < -0.3 is 14.5 Å². The molecular formula is C20H18N2O2. The van der Waals surface area contributed by atoms with E-state index in [-0.39, 0.29) is 0 Å². The van der Waals surface area contributed by atoms with Crippen LogP contribution >= 0.6 is 0 Å². The van der Waals surface area contributed by atoms with E-state index < -0.39 is 0 Å². The van der Waals surface area contributed by atoms with E-state index in [0.29, 0.717) is 13.2 Å². The van der Waals surface area contributed by atoms with Gasteiger partial charge in [0.25, 0.3) is 0 Å². The molecule has 0 atom stereocenters. The van der Waals surface area contributed by atoms with Crippen LogP contribution in [0.25, 0.3) is 21.8 Å². The lowest BCUT2D eigenvalue weighted by atomic mass is 10.1. The molecule has 2 heterocycles. The molecule has 0 amide bonds. The smallest absolute Gasteiger partial charge is 0.129 e. The molecule has 4 nitrogen and oxygen atoms in total. The van der Waals surface area contributed by atoms with E-state index in [1.165, 1.54) is 0 Å². The number of nitrogens with one attached hydrogen (secondary N) is 1. The molecule has 0 spiro atoms. The first-order chi connectivity index (χ1) is 11.9. The predicted molar refractivity (Wildman–Crippen MR) is 95.1 cm³/mol. The molecule has 0 fully saturated rings. The third kappa shape index (κ3) is 2.61. The van der Waals surface area contributed by atoms with Crippen molar-refractivity contribution < 1.29 is 9.47 Å². The first-order valence-corrected chi connectivity index (χ1v) is 7.90. The number of aromatic amines is 1. The third-order valence-electron chi connectivity index (χ3n) is 4.11. The van der Waals surface area contributed by atoms with E-state index in [4.69, 9.17) is 9.47 Å². The summed E-state index contributed by atoms with van der Waals surface area (Å²) in [6.45, 7) is 1.06. The fourth-order valence-electron chi connectivity index (χ4n) is 3.05. The number of hydrogen-bond acceptors (Lipinski definition) is 3. The van der Waals surface area contributed by atoms with Gasteiger partial charge in [-0.3, -0.25) is 4.98 Å². The summed E-state index contributed by atoms with van der Waals surface area (Å²) in [7, 11) is 1.69. The maximum absolute atomic E-state index is 6.12. The van der Waals surface area contributed by atoms with E-state index >= 15 is 0 Å². The molecule has 4 heteroatoms. The Morgan fingerprint density at radius 2 is 1.75 bits per heavy atom. The van der Waals surface area contributed by atoms with Gasteiger partial charge in [0.1, 0.15) is 12.4 Å². The maximum Gasteiger partial charge on any atom is 0.129 e. The molecule has 0 aliphatic rings. The van der Waals surface area contributed by atoms with E-state index in [2.05, 4.69) is 28.2 Å². The average molecular weight is 318 g/mol. The molecule has 24 heavy (non-hydrogen) atoms. The summed E-state index contributed by atoms with van der Waals surface area (Å²) < 4.78 is 11.5. The highest BCUT2D eigenvalue weighted by Gasteiger charge is 2.13. The van der Waals surface area contributed by atoms with Crippen LogP contribution in [0.1, 0.15) is 11.1 Å². The van der Waals surface area contributed by atoms with Crippen LogP contribution in [-0.2, 0) is 18.0 Å². The number of aromatic nitrogens is 2. The van der Waals surface area contributed by atoms with Gasteiger partial charge in [0.15, 0.2) is 0 Å². The lowest BCUT2D eigenvalue weighted by Gasteiger charge is -2.09. The summed E-state index contributed by atoms with van der Waals surface area (Å²) in [5, 5.41) is 2.20. The van der Waals surface area contributed by atoms with Gasteiger partial charge >= 0.3 is 0 Å². The van der Waals surface area contributed by atoms with Gasteiger partial charge in [-0.25, -0.2) is 0 Å². The molecule has 2 aromatic heterocycles. The number of pyridine rings is 1. The predicted octanol–water partition coefficient (Wildman–Crippen LogP) is 4.44. The summed E-state index contributed by atoms with van der Waals surface area (Å²) in [4.78, 5) is 7.72. The van der Waals surface area contributed by atoms with Gasteiger partial charge in [-0.15, -0.1) is 0 Å². The molecule has 1 N–H and O–H groups in total. The average Bonchev–Trinajstić information content (AvgIpc) is 3.01. The Morgan fingerprint density at radius 1 is 0.875 bits per heavy atom. The zero-order chi connectivity index (χ0) is 16.4. The molecular weight excluding hydrogens is 300 g/mol. The standard InChI is InChI=1S/C20H18N2O2/c1-23-13-15-10-21-11-17-19(15)20-16(22-17)8-5-9-18(20)24-12-14-6-3-2-4-7-14/h2-11,22H,12-13H2,1H3. The van der Waals surface area contributed by atoms with Crippen molar-refractivity contribution in [2.45, 2.75) is 13.2 Å². The van der Waals surface area contributed by atoms with Crippen LogP contribution in [0.15, 0.2) is 60.9 Å². The van der Waals surface area contributed by atoms with Gasteiger partial charge in [-0.2, -0.15) is 0 Å². The highest BCUT2D eigenvalue weighted by Crippen LogP contribution is 2.35. The van der Waals surface area contributed by atoms with Gasteiger partial charge in [0.2, 0.25) is 0 Å². The number of rotatable bonds is 5.